The predicted molar refractivity (Wildman–Crippen MR) is 82.9 cm³/mol. The van der Waals surface area contributed by atoms with Crippen molar-refractivity contribution in [2.45, 2.75) is 32.9 Å². The average Bonchev–Trinajstić information content (AvgIpc) is 2.51. The number of aromatic nitrogens is 3. The molecule has 0 saturated heterocycles. The number of nitrogens with zero attached hydrogens (tertiary/aromatic N) is 3. The molecule has 2 rings (SSSR count). The third kappa shape index (κ3) is 3.36. The van der Waals surface area contributed by atoms with Crippen LogP contribution in [0.2, 0.25) is 0 Å². The number of rotatable bonds is 5. The van der Waals surface area contributed by atoms with Crippen molar-refractivity contribution >= 4 is 22.8 Å². The van der Waals surface area contributed by atoms with E-state index in [1.165, 1.54) is 6.92 Å². The zero-order valence-corrected chi connectivity index (χ0v) is 13.1. The molecule has 0 aliphatic heterocycles. The molecule has 122 valence electrons. The Hall–Kier alpha value is -2.77. The fourth-order valence-electron chi connectivity index (χ4n) is 2.15. The molecule has 0 bridgehead atoms. The summed E-state index contributed by atoms with van der Waals surface area (Å²) in [4.78, 5) is 35.8. The van der Waals surface area contributed by atoms with Gasteiger partial charge in [-0.05, 0) is 25.0 Å². The summed E-state index contributed by atoms with van der Waals surface area (Å²) in [5, 5.41) is 19.6. The molecule has 2 N–H and O–H groups in total. The standard InChI is InChI=1S/C15H18N4O4/c1-8(2)12(15(22)23)16-13(20)9(3)19-14(21)10-6-4-5-7-11(10)17-18-19/h4-9,12H,1-3H3,(H,16,20)(H,22,23)/t9-,12-/m0/s1. The molecule has 0 saturated carbocycles. The Labute approximate surface area is 132 Å². The molecule has 1 heterocycles. The Morgan fingerprint density at radius 2 is 1.87 bits per heavy atom. The van der Waals surface area contributed by atoms with Gasteiger partial charge in [0.1, 0.15) is 17.6 Å². The van der Waals surface area contributed by atoms with Gasteiger partial charge < -0.3 is 10.4 Å². The van der Waals surface area contributed by atoms with Gasteiger partial charge in [-0.25, -0.2) is 4.79 Å². The van der Waals surface area contributed by atoms with Crippen LogP contribution in [-0.2, 0) is 9.59 Å². The van der Waals surface area contributed by atoms with Gasteiger partial charge in [-0.3, -0.25) is 9.59 Å². The van der Waals surface area contributed by atoms with E-state index in [4.69, 9.17) is 5.11 Å². The normalized spacial score (nSPS) is 13.7. The lowest BCUT2D eigenvalue weighted by atomic mass is 10.0. The summed E-state index contributed by atoms with van der Waals surface area (Å²) in [5.41, 5.74) is -0.0124. The Morgan fingerprint density at radius 3 is 2.48 bits per heavy atom. The number of hydrogen-bond acceptors (Lipinski definition) is 5. The van der Waals surface area contributed by atoms with Crippen molar-refractivity contribution in [3.8, 4) is 0 Å². The lowest BCUT2D eigenvalue weighted by Crippen LogP contribution is -2.48. The molecular weight excluding hydrogens is 300 g/mol. The van der Waals surface area contributed by atoms with Crippen LogP contribution in [0.25, 0.3) is 10.9 Å². The van der Waals surface area contributed by atoms with Gasteiger partial charge in [-0.1, -0.05) is 31.2 Å². The Bertz CT molecular complexity index is 799. The fourth-order valence-corrected chi connectivity index (χ4v) is 2.15. The molecule has 2 atom stereocenters. The largest absolute Gasteiger partial charge is 0.480 e. The monoisotopic (exact) mass is 318 g/mol. The van der Waals surface area contributed by atoms with E-state index in [1.54, 1.807) is 38.1 Å². The van der Waals surface area contributed by atoms with E-state index in [-0.39, 0.29) is 5.92 Å². The first kappa shape index (κ1) is 16.6. The smallest absolute Gasteiger partial charge is 0.326 e. The van der Waals surface area contributed by atoms with Gasteiger partial charge in [0, 0.05) is 0 Å². The number of aliphatic carboxylic acids is 1. The van der Waals surface area contributed by atoms with E-state index in [2.05, 4.69) is 15.6 Å². The van der Waals surface area contributed by atoms with Crippen LogP contribution >= 0.6 is 0 Å². The summed E-state index contributed by atoms with van der Waals surface area (Å²) in [7, 11) is 0. The van der Waals surface area contributed by atoms with E-state index in [0.717, 1.165) is 4.68 Å². The van der Waals surface area contributed by atoms with Crippen LogP contribution in [0.15, 0.2) is 29.1 Å². The zero-order chi connectivity index (χ0) is 17.1. The fraction of sp³-hybridized carbons (Fsp3) is 0.400. The van der Waals surface area contributed by atoms with Gasteiger partial charge in [0.2, 0.25) is 5.91 Å². The lowest BCUT2D eigenvalue weighted by Gasteiger charge is -2.20. The van der Waals surface area contributed by atoms with Crippen LogP contribution in [0.4, 0.5) is 0 Å². The Kier molecular flexibility index (Phi) is 4.73. The first-order valence-electron chi connectivity index (χ1n) is 7.20. The topological polar surface area (TPSA) is 114 Å². The molecule has 0 aliphatic rings. The van der Waals surface area contributed by atoms with Crippen LogP contribution in [-0.4, -0.2) is 38.0 Å². The molecule has 23 heavy (non-hydrogen) atoms. The van der Waals surface area contributed by atoms with E-state index in [0.29, 0.717) is 10.9 Å². The van der Waals surface area contributed by atoms with Gasteiger partial charge in [0.15, 0.2) is 0 Å². The van der Waals surface area contributed by atoms with Gasteiger partial charge in [0.05, 0.1) is 5.39 Å². The summed E-state index contributed by atoms with van der Waals surface area (Å²) in [6, 6.07) is 4.67. The summed E-state index contributed by atoms with van der Waals surface area (Å²) in [6.45, 7) is 4.84. The maximum absolute atomic E-state index is 12.4. The minimum absolute atomic E-state index is 0.289. The summed E-state index contributed by atoms with van der Waals surface area (Å²) in [5.74, 6) is -2.02. The van der Waals surface area contributed by atoms with Crippen LogP contribution < -0.4 is 10.9 Å². The molecule has 8 nitrogen and oxygen atoms in total. The second-order valence-electron chi connectivity index (χ2n) is 5.60. The van der Waals surface area contributed by atoms with Gasteiger partial charge >= 0.3 is 5.97 Å². The highest BCUT2D eigenvalue weighted by molar-refractivity contribution is 5.86. The molecule has 1 aromatic carbocycles. The molecule has 0 aliphatic carbocycles. The first-order chi connectivity index (χ1) is 10.8. The first-order valence-corrected chi connectivity index (χ1v) is 7.20. The minimum atomic E-state index is -1.13. The predicted octanol–water partition coefficient (Wildman–Crippen LogP) is 0.578. The van der Waals surface area contributed by atoms with Gasteiger partial charge in [-0.15, -0.1) is 5.10 Å². The maximum atomic E-state index is 12.4. The van der Waals surface area contributed by atoms with Gasteiger partial charge in [0.25, 0.3) is 5.56 Å². The Balaban J connectivity index is 2.31. The second kappa shape index (κ2) is 6.55. The number of carbonyl (C=O) groups is 2. The van der Waals surface area contributed by atoms with Crippen molar-refractivity contribution in [3.05, 3.63) is 34.6 Å². The number of carboxylic acid groups (broad SMARTS) is 1. The van der Waals surface area contributed by atoms with E-state index < -0.39 is 29.5 Å². The average molecular weight is 318 g/mol. The van der Waals surface area contributed by atoms with Crippen molar-refractivity contribution in [1.82, 2.24) is 20.3 Å². The second-order valence-corrected chi connectivity index (χ2v) is 5.60. The van der Waals surface area contributed by atoms with E-state index in [9.17, 15) is 14.4 Å². The highest BCUT2D eigenvalue weighted by Crippen LogP contribution is 2.08. The summed E-state index contributed by atoms with van der Waals surface area (Å²) >= 11 is 0. The third-order valence-corrected chi connectivity index (χ3v) is 3.57. The molecule has 2 aromatic rings. The number of fused-ring (bicyclic) bond motifs is 1. The lowest BCUT2D eigenvalue weighted by molar-refractivity contribution is -0.143. The van der Waals surface area contributed by atoms with E-state index >= 15 is 0 Å². The molecular formula is C15H18N4O4. The summed E-state index contributed by atoms with van der Waals surface area (Å²) in [6.07, 6.45) is 0. The maximum Gasteiger partial charge on any atom is 0.326 e. The van der Waals surface area contributed by atoms with Crippen LogP contribution in [0.1, 0.15) is 26.8 Å². The molecule has 1 amide bonds. The van der Waals surface area contributed by atoms with E-state index in [1.807, 2.05) is 0 Å². The van der Waals surface area contributed by atoms with Crippen LogP contribution in [0.5, 0.6) is 0 Å². The van der Waals surface area contributed by atoms with Crippen molar-refractivity contribution < 1.29 is 14.7 Å². The zero-order valence-electron chi connectivity index (χ0n) is 13.1. The van der Waals surface area contributed by atoms with Gasteiger partial charge in [-0.2, -0.15) is 4.68 Å². The number of amides is 1. The number of hydrogen-bond donors (Lipinski definition) is 2. The minimum Gasteiger partial charge on any atom is -0.480 e. The van der Waals surface area contributed by atoms with Crippen molar-refractivity contribution in [3.63, 3.8) is 0 Å². The number of carboxylic acids is 1. The molecule has 0 radical (unpaired) electrons. The molecule has 1 aromatic heterocycles. The number of nitrogens with one attached hydrogen (secondary N) is 1. The SMILES string of the molecule is CC(C)[C@H](NC(=O)[C@H](C)n1nnc2ccccc2c1=O)C(=O)O. The summed E-state index contributed by atoms with van der Waals surface area (Å²) < 4.78 is 0.955. The highest BCUT2D eigenvalue weighted by atomic mass is 16.4. The van der Waals surface area contributed by atoms with Crippen molar-refractivity contribution in [1.29, 1.82) is 0 Å². The molecule has 8 heteroatoms. The quantitative estimate of drug-likeness (QED) is 0.833. The number of carbonyl (C=O) groups excluding carboxylic acids is 1. The highest BCUT2D eigenvalue weighted by Gasteiger charge is 2.27. The Morgan fingerprint density at radius 1 is 1.22 bits per heavy atom. The van der Waals surface area contributed by atoms with Crippen LogP contribution in [0.3, 0.4) is 0 Å². The third-order valence-electron chi connectivity index (χ3n) is 3.57. The molecule has 0 unspecified atom stereocenters. The van der Waals surface area contributed by atoms with Crippen molar-refractivity contribution in [2.24, 2.45) is 5.92 Å². The van der Waals surface area contributed by atoms with Crippen molar-refractivity contribution in [2.75, 3.05) is 0 Å². The van der Waals surface area contributed by atoms with Crippen LogP contribution in [0, 0.1) is 5.92 Å². The molecule has 0 spiro atoms. The number of benzene rings is 1. The molecule has 0 fully saturated rings.